The predicted molar refractivity (Wildman–Crippen MR) is 61.4 cm³/mol. The molecule has 16 heavy (non-hydrogen) atoms. The molecule has 1 atom stereocenters. The first kappa shape index (κ1) is 13.9. The Hall–Kier alpha value is -0.170. The average molecular weight is 251 g/mol. The third-order valence-corrected chi connectivity index (χ3v) is 4.40. The minimum absolute atomic E-state index is 0.0358. The largest absolute Gasteiger partial charge is 0.396 e. The van der Waals surface area contributed by atoms with Gasteiger partial charge in [-0.15, -0.1) is 0 Å². The van der Waals surface area contributed by atoms with E-state index < -0.39 is 10.0 Å². The van der Waals surface area contributed by atoms with E-state index in [2.05, 4.69) is 0 Å². The summed E-state index contributed by atoms with van der Waals surface area (Å²) in [5, 5.41) is 18.0. The number of aliphatic hydroxyl groups excluding tert-OH is 2. The van der Waals surface area contributed by atoms with Gasteiger partial charge in [0.25, 0.3) is 0 Å². The number of hydrogen-bond donors (Lipinski definition) is 2. The van der Waals surface area contributed by atoms with Crippen LogP contribution in [0.5, 0.6) is 0 Å². The van der Waals surface area contributed by atoms with Crippen LogP contribution in [0.15, 0.2) is 0 Å². The van der Waals surface area contributed by atoms with Gasteiger partial charge in [0.2, 0.25) is 10.0 Å². The molecule has 1 fully saturated rings. The Morgan fingerprint density at radius 1 is 1.38 bits per heavy atom. The Morgan fingerprint density at radius 3 is 2.50 bits per heavy atom. The summed E-state index contributed by atoms with van der Waals surface area (Å²) in [6, 6.07) is 0. The molecule has 0 aromatic rings. The van der Waals surface area contributed by atoms with Gasteiger partial charge in [-0.1, -0.05) is 0 Å². The second kappa shape index (κ2) is 5.95. The molecule has 0 aliphatic carbocycles. The molecule has 0 spiro atoms. The standard InChI is InChI=1S/C10H21NO4S/c1-16(14,15)11-4-2-3-9(6-11)5-10(7-12)8-13/h9-10,12-13H,2-8H2,1H3. The number of rotatable bonds is 5. The second-order valence-electron chi connectivity index (χ2n) is 4.60. The molecule has 5 nitrogen and oxygen atoms in total. The van der Waals surface area contributed by atoms with E-state index in [1.54, 1.807) is 0 Å². The lowest BCUT2D eigenvalue weighted by molar-refractivity contribution is 0.117. The van der Waals surface area contributed by atoms with Gasteiger partial charge in [-0.2, -0.15) is 0 Å². The summed E-state index contributed by atoms with van der Waals surface area (Å²) in [7, 11) is -3.10. The lowest BCUT2D eigenvalue weighted by atomic mass is 9.90. The minimum Gasteiger partial charge on any atom is -0.396 e. The average Bonchev–Trinajstić information content (AvgIpc) is 2.25. The van der Waals surface area contributed by atoms with Crippen molar-refractivity contribution in [2.75, 3.05) is 32.6 Å². The molecule has 0 radical (unpaired) electrons. The molecule has 1 saturated heterocycles. The fourth-order valence-corrected chi connectivity index (χ4v) is 3.14. The molecule has 0 amide bonds. The quantitative estimate of drug-likeness (QED) is 0.700. The van der Waals surface area contributed by atoms with E-state index in [0.29, 0.717) is 19.5 Å². The molecular weight excluding hydrogens is 230 g/mol. The van der Waals surface area contributed by atoms with Crippen LogP contribution in [0.25, 0.3) is 0 Å². The number of aliphatic hydroxyl groups is 2. The summed E-state index contributed by atoms with van der Waals surface area (Å²) in [6.07, 6.45) is 3.76. The number of nitrogens with zero attached hydrogens (tertiary/aromatic N) is 1. The number of hydrogen-bond acceptors (Lipinski definition) is 4. The maximum Gasteiger partial charge on any atom is 0.211 e. The molecule has 0 aromatic heterocycles. The van der Waals surface area contributed by atoms with Gasteiger partial charge in [-0.3, -0.25) is 0 Å². The van der Waals surface area contributed by atoms with Crippen LogP contribution in [0, 0.1) is 11.8 Å². The maximum atomic E-state index is 11.4. The fraction of sp³-hybridized carbons (Fsp3) is 1.00. The SMILES string of the molecule is CS(=O)(=O)N1CCCC(CC(CO)CO)C1. The molecule has 0 bridgehead atoms. The third-order valence-electron chi connectivity index (χ3n) is 3.13. The zero-order chi connectivity index (χ0) is 12.2. The van der Waals surface area contributed by atoms with Crippen LogP contribution in [-0.2, 0) is 10.0 Å². The predicted octanol–water partition coefficient (Wildman–Crippen LogP) is -0.351. The zero-order valence-electron chi connectivity index (χ0n) is 9.67. The lowest BCUT2D eigenvalue weighted by Crippen LogP contribution is -2.40. The van der Waals surface area contributed by atoms with Crippen LogP contribution >= 0.6 is 0 Å². The van der Waals surface area contributed by atoms with Gasteiger partial charge in [0.05, 0.1) is 6.26 Å². The smallest absolute Gasteiger partial charge is 0.211 e. The van der Waals surface area contributed by atoms with Crippen LogP contribution in [0.1, 0.15) is 19.3 Å². The normalized spacial score (nSPS) is 23.9. The highest BCUT2D eigenvalue weighted by Gasteiger charge is 2.27. The molecule has 0 aromatic carbocycles. The Bertz CT molecular complexity index is 300. The van der Waals surface area contributed by atoms with Gasteiger partial charge in [0.1, 0.15) is 0 Å². The molecule has 1 aliphatic heterocycles. The summed E-state index contributed by atoms with van der Waals surface area (Å²) >= 11 is 0. The van der Waals surface area contributed by atoms with Crippen LogP contribution in [0.3, 0.4) is 0 Å². The van der Waals surface area contributed by atoms with Crippen LogP contribution < -0.4 is 0 Å². The van der Waals surface area contributed by atoms with Crippen molar-refractivity contribution in [2.45, 2.75) is 19.3 Å². The van der Waals surface area contributed by atoms with Crippen molar-refractivity contribution in [1.82, 2.24) is 4.31 Å². The Kier molecular flexibility index (Phi) is 5.17. The monoisotopic (exact) mass is 251 g/mol. The van der Waals surface area contributed by atoms with E-state index in [9.17, 15) is 8.42 Å². The van der Waals surface area contributed by atoms with E-state index in [4.69, 9.17) is 10.2 Å². The highest BCUT2D eigenvalue weighted by atomic mass is 32.2. The molecular formula is C10H21NO4S. The maximum absolute atomic E-state index is 11.4. The Morgan fingerprint density at radius 2 is 2.00 bits per heavy atom. The summed E-state index contributed by atoms with van der Waals surface area (Å²) < 4.78 is 24.3. The van der Waals surface area contributed by atoms with Crippen LogP contribution in [0.4, 0.5) is 0 Å². The van der Waals surface area contributed by atoms with Crippen molar-refractivity contribution < 1.29 is 18.6 Å². The molecule has 1 heterocycles. The van der Waals surface area contributed by atoms with Gasteiger partial charge >= 0.3 is 0 Å². The second-order valence-corrected chi connectivity index (χ2v) is 6.58. The van der Waals surface area contributed by atoms with E-state index in [1.165, 1.54) is 10.6 Å². The number of piperidine rings is 1. The van der Waals surface area contributed by atoms with Crippen molar-refractivity contribution in [2.24, 2.45) is 11.8 Å². The van der Waals surface area contributed by atoms with E-state index in [1.807, 2.05) is 0 Å². The molecule has 1 unspecified atom stereocenters. The molecule has 2 N–H and O–H groups in total. The zero-order valence-corrected chi connectivity index (χ0v) is 10.5. The molecule has 6 heteroatoms. The first-order valence-corrected chi connectivity index (χ1v) is 7.49. The van der Waals surface area contributed by atoms with Crippen molar-refractivity contribution in [1.29, 1.82) is 0 Å². The van der Waals surface area contributed by atoms with Crippen LogP contribution in [-0.4, -0.2) is 55.5 Å². The summed E-state index contributed by atoms with van der Waals surface area (Å²) in [5.41, 5.74) is 0. The summed E-state index contributed by atoms with van der Waals surface area (Å²) in [4.78, 5) is 0. The van der Waals surface area contributed by atoms with Crippen molar-refractivity contribution in [3.63, 3.8) is 0 Å². The lowest BCUT2D eigenvalue weighted by Gasteiger charge is -2.32. The summed E-state index contributed by atoms with van der Waals surface area (Å²) in [6.45, 7) is 1.05. The molecule has 1 rings (SSSR count). The molecule has 0 saturated carbocycles. The number of sulfonamides is 1. The summed E-state index contributed by atoms with van der Waals surface area (Å²) in [5.74, 6) is 0.136. The third kappa shape index (κ3) is 4.01. The van der Waals surface area contributed by atoms with Gasteiger partial charge in [0, 0.05) is 32.2 Å². The highest BCUT2D eigenvalue weighted by Crippen LogP contribution is 2.24. The first-order chi connectivity index (χ1) is 7.47. The van der Waals surface area contributed by atoms with Gasteiger partial charge in [0.15, 0.2) is 0 Å². The van der Waals surface area contributed by atoms with Crippen molar-refractivity contribution >= 4 is 10.0 Å². The fourth-order valence-electron chi connectivity index (χ4n) is 2.20. The molecule has 96 valence electrons. The molecule has 1 aliphatic rings. The highest BCUT2D eigenvalue weighted by molar-refractivity contribution is 7.88. The van der Waals surface area contributed by atoms with Gasteiger partial charge in [-0.25, -0.2) is 12.7 Å². The van der Waals surface area contributed by atoms with Gasteiger partial charge < -0.3 is 10.2 Å². The van der Waals surface area contributed by atoms with E-state index >= 15 is 0 Å². The first-order valence-electron chi connectivity index (χ1n) is 5.64. The van der Waals surface area contributed by atoms with Crippen molar-refractivity contribution in [3.8, 4) is 0 Å². The van der Waals surface area contributed by atoms with Crippen molar-refractivity contribution in [3.05, 3.63) is 0 Å². The van der Waals surface area contributed by atoms with Crippen LogP contribution in [0.2, 0.25) is 0 Å². The van der Waals surface area contributed by atoms with Gasteiger partial charge in [-0.05, 0) is 25.2 Å². The Labute approximate surface area is 97.1 Å². The topological polar surface area (TPSA) is 77.8 Å². The Balaban J connectivity index is 2.51. The minimum atomic E-state index is -3.10. The van der Waals surface area contributed by atoms with E-state index in [0.717, 1.165) is 12.8 Å². The van der Waals surface area contributed by atoms with E-state index in [-0.39, 0.29) is 25.0 Å².